The summed E-state index contributed by atoms with van der Waals surface area (Å²) in [7, 11) is 0. The maximum absolute atomic E-state index is 13.9. The lowest BCUT2D eigenvalue weighted by Gasteiger charge is -2.35. The summed E-state index contributed by atoms with van der Waals surface area (Å²) in [4.78, 5) is 41.5. The second-order valence-corrected chi connectivity index (χ2v) is 10.0. The standard InChI is InChI=1S/C30H36N6O3/c37-28-23-34(21-24-9-3-1-4-10-24)22-26-25(11-7-12-27(26)39-20-6-2-5-13-31-28)29(38)35-16-18-36(19-17-35)30-32-14-8-15-33-30/h1,3-4,7-12,14-15H,2,5-6,13,16-23H2,(H,31,37). The Morgan fingerprint density at radius 3 is 2.46 bits per heavy atom. The molecule has 1 saturated heterocycles. The highest BCUT2D eigenvalue weighted by Gasteiger charge is 2.27. The minimum absolute atomic E-state index is 0.00398. The van der Waals surface area contributed by atoms with Crippen molar-refractivity contribution in [3.8, 4) is 5.75 Å². The van der Waals surface area contributed by atoms with Gasteiger partial charge in [0.15, 0.2) is 0 Å². The maximum atomic E-state index is 13.9. The van der Waals surface area contributed by atoms with E-state index >= 15 is 0 Å². The molecule has 5 rings (SSSR count). The molecule has 0 bridgehead atoms. The van der Waals surface area contributed by atoms with Crippen LogP contribution in [0.4, 0.5) is 5.95 Å². The Morgan fingerprint density at radius 1 is 0.872 bits per heavy atom. The van der Waals surface area contributed by atoms with E-state index in [2.05, 4.69) is 37.2 Å². The first-order chi connectivity index (χ1) is 19.2. The van der Waals surface area contributed by atoms with Gasteiger partial charge in [0, 0.05) is 69.3 Å². The fourth-order valence-electron chi connectivity index (χ4n) is 5.10. The predicted octanol–water partition coefficient (Wildman–Crippen LogP) is 3.12. The van der Waals surface area contributed by atoms with Gasteiger partial charge in [-0.25, -0.2) is 9.97 Å². The number of aromatic nitrogens is 2. The molecule has 0 unspecified atom stereocenters. The van der Waals surface area contributed by atoms with Crippen LogP contribution < -0.4 is 15.0 Å². The van der Waals surface area contributed by atoms with E-state index in [1.165, 1.54) is 0 Å². The van der Waals surface area contributed by atoms with Gasteiger partial charge in [0.05, 0.1) is 13.2 Å². The zero-order valence-electron chi connectivity index (χ0n) is 22.3. The number of piperazine rings is 1. The molecule has 9 heteroatoms. The average molecular weight is 529 g/mol. The van der Waals surface area contributed by atoms with Crippen LogP contribution in [-0.2, 0) is 17.9 Å². The number of fused-ring (bicyclic) bond motifs is 1. The fourth-order valence-corrected chi connectivity index (χ4v) is 5.10. The summed E-state index contributed by atoms with van der Waals surface area (Å²) in [6.07, 6.45) is 6.25. The number of carbonyl (C=O) groups is 2. The monoisotopic (exact) mass is 528 g/mol. The maximum Gasteiger partial charge on any atom is 0.254 e. The number of rotatable bonds is 4. The molecule has 2 aliphatic heterocycles. The van der Waals surface area contributed by atoms with Gasteiger partial charge < -0.3 is 19.9 Å². The number of nitrogens with one attached hydrogen (secondary N) is 1. The van der Waals surface area contributed by atoms with Crippen LogP contribution in [0.2, 0.25) is 0 Å². The number of nitrogens with zero attached hydrogens (tertiary/aromatic N) is 5. The molecule has 3 aromatic rings. The van der Waals surface area contributed by atoms with Gasteiger partial charge in [-0.3, -0.25) is 14.5 Å². The van der Waals surface area contributed by atoms with Crippen molar-refractivity contribution in [2.24, 2.45) is 0 Å². The SMILES string of the molecule is O=C1CN(Cc2ccccc2)Cc2c(cccc2C(=O)N2CCN(c3ncccn3)CC2)OCCCCCN1. The van der Waals surface area contributed by atoms with Crippen molar-refractivity contribution < 1.29 is 14.3 Å². The van der Waals surface area contributed by atoms with Crippen molar-refractivity contribution in [1.29, 1.82) is 0 Å². The molecule has 0 spiro atoms. The Labute approximate surface area is 229 Å². The van der Waals surface area contributed by atoms with E-state index in [0.29, 0.717) is 63.9 Å². The van der Waals surface area contributed by atoms with Crippen molar-refractivity contribution in [3.05, 3.63) is 83.7 Å². The zero-order valence-corrected chi connectivity index (χ0v) is 22.3. The Kier molecular flexibility index (Phi) is 9.01. The number of hydrogen-bond donors (Lipinski definition) is 1. The topological polar surface area (TPSA) is 90.9 Å². The molecular formula is C30H36N6O3. The fraction of sp³-hybridized carbons (Fsp3) is 0.400. The molecule has 1 N–H and O–H groups in total. The van der Waals surface area contributed by atoms with Crippen LogP contribution in [0.15, 0.2) is 67.0 Å². The van der Waals surface area contributed by atoms with Crippen LogP contribution >= 0.6 is 0 Å². The van der Waals surface area contributed by atoms with E-state index in [0.717, 1.165) is 36.1 Å². The van der Waals surface area contributed by atoms with Crippen molar-refractivity contribution in [3.63, 3.8) is 0 Å². The minimum atomic E-state index is -0.0162. The summed E-state index contributed by atoms with van der Waals surface area (Å²) in [6.45, 7) is 5.00. The third-order valence-electron chi connectivity index (χ3n) is 7.16. The first-order valence-corrected chi connectivity index (χ1v) is 13.8. The van der Waals surface area contributed by atoms with Crippen LogP contribution in [-0.4, -0.2) is 77.5 Å². The zero-order chi connectivity index (χ0) is 26.9. The summed E-state index contributed by atoms with van der Waals surface area (Å²) >= 11 is 0. The molecule has 0 radical (unpaired) electrons. The molecule has 0 atom stereocenters. The first kappa shape index (κ1) is 26.6. The molecule has 1 aromatic heterocycles. The number of ether oxygens (including phenoxy) is 1. The van der Waals surface area contributed by atoms with Gasteiger partial charge in [0.25, 0.3) is 5.91 Å². The smallest absolute Gasteiger partial charge is 0.254 e. The summed E-state index contributed by atoms with van der Waals surface area (Å²) < 4.78 is 6.25. The molecule has 2 amide bonds. The summed E-state index contributed by atoms with van der Waals surface area (Å²) in [5, 5.41) is 3.06. The number of amides is 2. The Morgan fingerprint density at radius 2 is 1.67 bits per heavy atom. The molecule has 39 heavy (non-hydrogen) atoms. The van der Waals surface area contributed by atoms with Gasteiger partial charge >= 0.3 is 0 Å². The van der Waals surface area contributed by atoms with E-state index in [-0.39, 0.29) is 18.4 Å². The molecule has 2 aromatic carbocycles. The molecule has 0 saturated carbocycles. The second-order valence-electron chi connectivity index (χ2n) is 10.0. The van der Waals surface area contributed by atoms with Crippen molar-refractivity contribution in [2.45, 2.75) is 32.4 Å². The van der Waals surface area contributed by atoms with E-state index in [4.69, 9.17) is 4.74 Å². The van der Waals surface area contributed by atoms with Crippen LogP contribution in [0.5, 0.6) is 5.75 Å². The van der Waals surface area contributed by atoms with Gasteiger partial charge in [-0.2, -0.15) is 0 Å². The van der Waals surface area contributed by atoms with Gasteiger partial charge in [0.1, 0.15) is 5.75 Å². The summed E-state index contributed by atoms with van der Waals surface area (Å²) in [5.74, 6) is 1.39. The lowest BCUT2D eigenvalue weighted by Crippen LogP contribution is -2.49. The van der Waals surface area contributed by atoms with Crippen molar-refractivity contribution >= 4 is 17.8 Å². The number of benzene rings is 2. The quantitative estimate of drug-likeness (QED) is 0.557. The van der Waals surface area contributed by atoms with Gasteiger partial charge in [-0.15, -0.1) is 0 Å². The minimum Gasteiger partial charge on any atom is -0.493 e. The van der Waals surface area contributed by atoms with Gasteiger partial charge in [0.2, 0.25) is 11.9 Å². The number of carbonyl (C=O) groups excluding carboxylic acids is 2. The van der Waals surface area contributed by atoms with E-state index in [1.807, 2.05) is 41.3 Å². The Hall–Kier alpha value is -3.98. The highest BCUT2D eigenvalue weighted by molar-refractivity contribution is 5.96. The number of hydrogen-bond acceptors (Lipinski definition) is 7. The predicted molar refractivity (Wildman–Crippen MR) is 150 cm³/mol. The summed E-state index contributed by atoms with van der Waals surface area (Å²) in [6, 6.07) is 17.6. The van der Waals surface area contributed by atoms with Crippen molar-refractivity contribution in [1.82, 2.24) is 25.1 Å². The van der Waals surface area contributed by atoms with E-state index < -0.39 is 0 Å². The van der Waals surface area contributed by atoms with Crippen LogP contribution in [0.1, 0.15) is 40.7 Å². The number of anilines is 1. The molecular weight excluding hydrogens is 492 g/mol. The third kappa shape index (κ3) is 7.11. The van der Waals surface area contributed by atoms with Crippen LogP contribution in [0.3, 0.4) is 0 Å². The van der Waals surface area contributed by atoms with Crippen LogP contribution in [0, 0.1) is 0 Å². The lowest BCUT2D eigenvalue weighted by atomic mass is 10.0. The average Bonchev–Trinajstić information content (AvgIpc) is 2.99. The molecule has 0 aliphatic carbocycles. The lowest BCUT2D eigenvalue weighted by molar-refractivity contribution is -0.122. The molecule has 204 valence electrons. The summed E-state index contributed by atoms with van der Waals surface area (Å²) in [5.41, 5.74) is 2.57. The molecule has 1 fully saturated rings. The highest BCUT2D eigenvalue weighted by atomic mass is 16.5. The van der Waals surface area contributed by atoms with E-state index in [1.54, 1.807) is 18.5 Å². The Balaban J connectivity index is 1.39. The Bertz CT molecular complexity index is 1230. The highest BCUT2D eigenvalue weighted by Crippen LogP contribution is 2.27. The van der Waals surface area contributed by atoms with Crippen LogP contribution in [0.25, 0.3) is 0 Å². The van der Waals surface area contributed by atoms with Gasteiger partial charge in [-0.1, -0.05) is 36.4 Å². The largest absolute Gasteiger partial charge is 0.493 e. The molecule has 9 nitrogen and oxygen atoms in total. The van der Waals surface area contributed by atoms with E-state index in [9.17, 15) is 9.59 Å². The third-order valence-corrected chi connectivity index (χ3v) is 7.16. The molecule has 2 aliphatic rings. The van der Waals surface area contributed by atoms with Crippen molar-refractivity contribution in [2.75, 3.05) is 50.8 Å². The normalized spacial score (nSPS) is 17.6. The van der Waals surface area contributed by atoms with Gasteiger partial charge in [-0.05, 0) is 43.0 Å². The second kappa shape index (κ2) is 13.2. The molecule has 3 heterocycles. The first-order valence-electron chi connectivity index (χ1n) is 13.8.